The summed E-state index contributed by atoms with van der Waals surface area (Å²) in [4.78, 5) is 51.7. The minimum Gasteiger partial charge on any atom is -0.461 e. The molecule has 8 nitrogen and oxygen atoms in total. The molecule has 0 aromatic heterocycles. The van der Waals surface area contributed by atoms with E-state index in [2.05, 4.69) is 5.10 Å². The van der Waals surface area contributed by atoms with Gasteiger partial charge in [0.15, 0.2) is 5.71 Å². The molecule has 0 bridgehead atoms. The number of ketones is 1. The van der Waals surface area contributed by atoms with E-state index in [-0.39, 0.29) is 24.5 Å². The van der Waals surface area contributed by atoms with Gasteiger partial charge in [0.1, 0.15) is 17.7 Å². The number of amides is 2. The first kappa shape index (κ1) is 21.0. The smallest absolute Gasteiger partial charge is 0.355 e. The van der Waals surface area contributed by atoms with Gasteiger partial charge in [-0.2, -0.15) is 5.10 Å². The number of carbonyl (C=O) groups excluding carboxylic acids is 4. The third kappa shape index (κ3) is 3.64. The highest BCUT2D eigenvalue weighted by atomic mass is 35.5. The second kappa shape index (κ2) is 7.59. The first-order chi connectivity index (χ1) is 13.6. The molecule has 1 aromatic rings. The lowest BCUT2D eigenvalue weighted by molar-refractivity contribution is -0.136. The maximum absolute atomic E-state index is 13.3. The highest BCUT2D eigenvalue weighted by molar-refractivity contribution is 6.46. The fourth-order valence-corrected chi connectivity index (χ4v) is 4.04. The molecule has 1 fully saturated rings. The van der Waals surface area contributed by atoms with Crippen LogP contribution in [-0.2, 0) is 23.9 Å². The van der Waals surface area contributed by atoms with E-state index in [0.29, 0.717) is 10.7 Å². The molecular weight excluding hydrogens is 398 g/mol. The second-order valence-electron chi connectivity index (χ2n) is 7.66. The number of rotatable bonds is 6. The van der Waals surface area contributed by atoms with Crippen LogP contribution in [-0.4, -0.2) is 52.5 Å². The number of fused-ring (bicyclic) bond motifs is 1. The van der Waals surface area contributed by atoms with Crippen LogP contribution >= 0.6 is 11.6 Å². The molecule has 1 aromatic carbocycles. The van der Waals surface area contributed by atoms with Crippen LogP contribution in [0, 0.1) is 5.92 Å². The van der Waals surface area contributed by atoms with Crippen molar-refractivity contribution < 1.29 is 23.9 Å². The number of ether oxygens (including phenoxy) is 1. The number of carbonyl (C=O) groups is 4. The van der Waals surface area contributed by atoms with Crippen molar-refractivity contribution in [2.45, 2.75) is 45.7 Å². The quantitative estimate of drug-likeness (QED) is 0.518. The summed E-state index contributed by atoms with van der Waals surface area (Å²) in [6.07, 6.45) is 0.0917. The van der Waals surface area contributed by atoms with Gasteiger partial charge in [-0.15, -0.1) is 0 Å². The first-order valence-corrected chi connectivity index (χ1v) is 9.64. The first-order valence-electron chi connectivity index (χ1n) is 9.26. The predicted octanol–water partition coefficient (Wildman–Crippen LogP) is 2.19. The van der Waals surface area contributed by atoms with Crippen molar-refractivity contribution in [1.29, 1.82) is 0 Å². The van der Waals surface area contributed by atoms with Crippen LogP contribution in [0.25, 0.3) is 0 Å². The average molecular weight is 420 g/mol. The van der Waals surface area contributed by atoms with Crippen molar-refractivity contribution in [2.75, 3.05) is 11.5 Å². The fraction of sp³-hybridized carbons (Fsp3) is 0.450. The van der Waals surface area contributed by atoms with Crippen LogP contribution in [0.2, 0.25) is 5.02 Å². The van der Waals surface area contributed by atoms with Crippen molar-refractivity contribution in [3.8, 4) is 0 Å². The lowest BCUT2D eigenvalue weighted by Crippen LogP contribution is -2.50. The summed E-state index contributed by atoms with van der Waals surface area (Å²) in [6.45, 7) is 6.66. The van der Waals surface area contributed by atoms with Crippen molar-refractivity contribution in [1.82, 2.24) is 5.01 Å². The minimum atomic E-state index is -1.10. The normalized spacial score (nSPS) is 21.3. The number of hydrogen-bond acceptors (Lipinski definition) is 7. The molecule has 0 radical (unpaired) electrons. The molecule has 2 heterocycles. The van der Waals surface area contributed by atoms with Gasteiger partial charge in [0.2, 0.25) is 5.91 Å². The van der Waals surface area contributed by atoms with Crippen LogP contribution in [0.5, 0.6) is 0 Å². The molecule has 9 heteroatoms. The van der Waals surface area contributed by atoms with Crippen LogP contribution in [0.4, 0.5) is 5.69 Å². The van der Waals surface area contributed by atoms with Gasteiger partial charge in [-0.05, 0) is 45.9 Å². The lowest BCUT2D eigenvalue weighted by Gasteiger charge is -2.36. The van der Waals surface area contributed by atoms with Gasteiger partial charge in [-0.1, -0.05) is 17.7 Å². The van der Waals surface area contributed by atoms with Crippen LogP contribution in [0.1, 0.15) is 34.1 Å². The summed E-state index contributed by atoms with van der Waals surface area (Å²) in [5, 5.41) is 6.06. The van der Waals surface area contributed by atoms with Crippen LogP contribution in [0.15, 0.2) is 29.4 Å². The number of Topliss-reactive ketones (excluding diaryl/α,β-unsaturated/α-hetero) is 1. The van der Waals surface area contributed by atoms with Crippen molar-refractivity contribution in [3.05, 3.63) is 29.3 Å². The molecular formula is C20H22ClN3O5. The van der Waals surface area contributed by atoms with Gasteiger partial charge < -0.3 is 4.74 Å². The number of anilines is 1. The topological polar surface area (TPSA) is 96.3 Å². The SMILES string of the molecule is CCOC(=O)C1=NN(C(C)(C)CC(C)=O)C2C(=O)N(c3cccc(Cl)c3)C(=O)C12. The molecule has 29 heavy (non-hydrogen) atoms. The Labute approximate surface area is 173 Å². The summed E-state index contributed by atoms with van der Waals surface area (Å²) in [6, 6.07) is 5.32. The van der Waals surface area contributed by atoms with E-state index in [1.807, 2.05) is 0 Å². The molecule has 1 saturated heterocycles. The van der Waals surface area contributed by atoms with Gasteiger partial charge in [0.25, 0.3) is 5.91 Å². The van der Waals surface area contributed by atoms with E-state index in [1.54, 1.807) is 39.0 Å². The molecule has 0 spiro atoms. The van der Waals surface area contributed by atoms with Crippen molar-refractivity contribution in [3.63, 3.8) is 0 Å². The van der Waals surface area contributed by atoms with Gasteiger partial charge in [0, 0.05) is 11.4 Å². The van der Waals surface area contributed by atoms with Crippen molar-refractivity contribution in [2.24, 2.45) is 11.0 Å². The van der Waals surface area contributed by atoms with Gasteiger partial charge in [-0.3, -0.25) is 19.4 Å². The van der Waals surface area contributed by atoms with Crippen LogP contribution in [0.3, 0.4) is 0 Å². The molecule has 0 aliphatic carbocycles. The third-order valence-corrected chi connectivity index (χ3v) is 5.14. The molecule has 2 atom stereocenters. The Kier molecular flexibility index (Phi) is 5.49. The van der Waals surface area contributed by atoms with E-state index in [0.717, 1.165) is 4.90 Å². The number of imide groups is 1. The molecule has 0 saturated carbocycles. The summed E-state index contributed by atoms with van der Waals surface area (Å²) in [7, 11) is 0. The molecule has 0 N–H and O–H groups in total. The average Bonchev–Trinajstić information content (AvgIpc) is 3.12. The fourth-order valence-electron chi connectivity index (χ4n) is 3.85. The van der Waals surface area contributed by atoms with E-state index in [1.165, 1.54) is 18.0 Å². The zero-order chi connectivity index (χ0) is 21.5. The molecule has 2 unspecified atom stereocenters. The highest BCUT2D eigenvalue weighted by Crippen LogP contribution is 2.40. The van der Waals surface area contributed by atoms with Gasteiger partial charge >= 0.3 is 5.97 Å². The molecule has 3 rings (SSSR count). The number of hydrogen-bond donors (Lipinski definition) is 0. The maximum atomic E-state index is 13.3. The number of nitrogens with zero attached hydrogens (tertiary/aromatic N) is 3. The van der Waals surface area contributed by atoms with E-state index >= 15 is 0 Å². The molecule has 2 aliphatic rings. The zero-order valence-electron chi connectivity index (χ0n) is 16.6. The molecule has 154 valence electrons. The molecule has 2 aliphatic heterocycles. The summed E-state index contributed by atoms with van der Waals surface area (Å²) in [5.41, 5.74) is -0.700. The zero-order valence-corrected chi connectivity index (χ0v) is 17.4. The molecule has 2 amide bonds. The Bertz CT molecular complexity index is 926. The maximum Gasteiger partial charge on any atom is 0.355 e. The largest absolute Gasteiger partial charge is 0.461 e. The van der Waals surface area contributed by atoms with E-state index < -0.39 is 35.3 Å². The predicted molar refractivity (Wildman–Crippen MR) is 107 cm³/mol. The Balaban J connectivity index is 2.08. The lowest BCUT2D eigenvalue weighted by atomic mass is 9.92. The monoisotopic (exact) mass is 419 g/mol. The Morgan fingerprint density at radius 3 is 2.52 bits per heavy atom. The highest BCUT2D eigenvalue weighted by Gasteiger charge is 2.61. The van der Waals surface area contributed by atoms with E-state index in [4.69, 9.17) is 16.3 Å². The number of esters is 1. The summed E-state index contributed by atoms with van der Waals surface area (Å²) >= 11 is 6.02. The number of benzene rings is 1. The van der Waals surface area contributed by atoms with Crippen molar-refractivity contribution >= 4 is 46.6 Å². The Morgan fingerprint density at radius 2 is 1.93 bits per heavy atom. The Morgan fingerprint density at radius 1 is 1.24 bits per heavy atom. The number of hydrazone groups is 1. The van der Waals surface area contributed by atoms with E-state index in [9.17, 15) is 19.2 Å². The summed E-state index contributed by atoms with van der Waals surface area (Å²) < 4.78 is 5.05. The van der Waals surface area contributed by atoms with Crippen LogP contribution < -0.4 is 4.90 Å². The Hall–Kier alpha value is -2.74. The third-order valence-electron chi connectivity index (χ3n) is 4.90. The second-order valence-corrected chi connectivity index (χ2v) is 8.09. The minimum absolute atomic E-state index is 0.0917. The standard InChI is InChI=1S/C20H22ClN3O5/c1-5-29-19(28)15-14-16(24(22-15)20(3,4)10-11(2)25)18(27)23(17(14)26)13-8-6-7-12(21)9-13/h6-9,14,16H,5,10H2,1-4H3. The van der Waals surface area contributed by atoms with Gasteiger partial charge in [-0.25, -0.2) is 9.69 Å². The summed E-state index contributed by atoms with van der Waals surface area (Å²) in [5.74, 6) is -3.06. The van der Waals surface area contributed by atoms with Gasteiger partial charge in [0.05, 0.1) is 17.8 Å². The number of halogens is 1.